The molecule has 150 valence electrons. The Morgan fingerprint density at radius 2 is 1.50 bits per heavy atom. The Morgan fingerprint density at radius 3 is 2.13 bits per heavy atom. The van der Waals surface area contributed by atoms with Crippen LogP contribution in [0.5, 0.6) is 0 Å². The number of benzene rings is 2. The molecular formula is C23H19Cl2N5. The van der Waals surface area contributed by atoms with Crippen LogP contribution in [-0.4, -0.2) is 31.2 Å². The van der Waals surface area contributed by atoms with Gasteiger partial charge in [-0.25, -0.2) is 4.98 Å². The van der Waals surface area contributed by atoms with Crippen LogP contribution in [0.1, 0.15) is 23.0 Å². The Bertz CT molecular complexity index is 1120. The first-order valence-electron chi connectivity index (χ1n) is 9.78. The predicted octanol–water partition coefficient (Wildman–Crippen LogP) is 5.25. The number of hydrogen-bond donors (Lipinski definition) is 0. The van der Waals surface area contributed by atoms with Crippen LogP contribution in [0, 0.1) is 0 Å². The van der Waals surface area contributed by atoms with Crippen molar-refractivity contribution in [3.63, 3.8) is 0 Å². The van der Waals surface area contributed by atoms with E-state index in [1.165, 1.54) is 11.1 Å². The molecule has 3 heterocycles. The highest BCUT2D eigenvalue weighted by molar-refractivity contribution is 6.41. The van der Waals surface area contributed by atoms with Gasteiger partial charge in [0.2, 0.25) is 0 Å². The summed E-state index contributed by atoms with van der Waals surface area (Å²) in [6, 6.07) is 23.2. The molecule has 0 atom stereocenters. The lowest BCUT2D eigenvalue weighted by atomic mass is 9.96. The second-order valence-electron chi connectivity index (χ2n) is 7.28. The van der Waals surface area contributed by atoms with Crippen LogP contribution in [0.2, 0.25) is 10.2 Å². The zero-order valence-corrected chi connectivity index (χ0v) is 17.6. The lowest BCUT2D eigenvalue weighted by molar-refractivity contribution is 0.176. The molecule has 5 rings (SSSR count). The van der Waals surface area contributed by atoms with E-state index in [1.54, 1.807) is 12.3 Å². The molecule has 0 saturated carbocycles. The molecule has 0 radical (unpaired) electrons. The van der Waals surface area contributed by atoms with E-state index in [1.807, 2.05) is 0 Å². The summed E-state index contributed by atoms with van der Waals surface area (Å²) in [6.07, 6.45) is 1.69. The third-order valence-corrected chi connectivity index (χ3v) is 6.12. The van der Waals surface area contributed by atoms with Crippen molar-refractivity contribution in [2.45, 2.75) is 19.1 Å². The van der Waals surface area contributed by atoms with Crippen molar-refractivity contribution in [3.05, 3.63) is 100 Å². The maximum Gasteiger partial charge on any atom is 0.165 e. The van der Waals surface area contributed by atoms with Gasteiger partial charge in [0.15, 0.2) is 5.82 Å². The van der Waals surface area contributed by atoms with E-state index < -0.39 is 0 Å². The van der Waals surface area contributed by atoms with Gasteiger partial charge in [0.25, 0.3) is 0 Å². The number of rotatable bonds is 4. The van der Waals surface area contributed by atoms with Gasteiger partial charge in [-0.05, 0) is 17.2 Å². The Kier molecular flexibility index (Phi) is 5.25. The summed E-state index contributed by atoms with van der Waals surface area (Å²) in [7, 11) is 0. The number of fused-ring (bicyclic) bond motifs is 1. The van der Waals surface area contributed by atoms with E-state index in [9.17, 15) is 0 Å². The van der Waals surface area contributed by atoms with Gasteiger partial charge in [-0.2, -0.15) is 0 Å². The molecule has 1 aliphatic heterocycles. The molecule has 0 aliphatic carbocycles. The molecule has 0 bridgehead atoms. The van der Waals surface area contributed by atoms with Crippen LogP contribution in [0.4, 0.5) is 0 Å². The minimum Gasteiger partial charge on any atom is -0.309 e. The van der Waals surface area contributed by atoms with E-state index in [0.717, 1.165) is 30.3 Å². The SMILES string of the molecule is Clc1cc(-c2nnc3n2CCN(C(c2ccccc2)c2ccccc2)C3)cnc1Cl. The van der Waals surface area contributed by atoms with E-state index in [-0.39, 0.29) is 6.04 Å². The van der Waals surface area contributed by atoms with Gasteiger partial charge < -0.3 is 4.57 Å². The van der Waals surface area contributed by atoms with Crippen molar-refractivity contribution in [1.29, 1.82) is 0 Å². The summed E-state index contributed by atoms with van der Waals surface area (Å²) in [5.74, 6) is 1.70. The van der Waals surface area contributed by atoms with Crippen molar-refractivity contribution in [2.24, 2.45) is 0 Å². The Hall–Kier alpha value is -2.73. The van der Waals surface area contributed by atoms with Crippen LogP contribution < -0.4 is 0 Å². The van der Waals surface area contributed by atoms with Gasteiger partial charge in [-0.3, -0.25) is 4.90 Å². The first kappa shape index (κ1) is 19.2. The Morgan fingerprint density at radius 1 is 0.833 bits per heavy atom. The molecule has 0 amide bonds. The van der Waals surface area contributed by atoms with Crippen LogP contribution >= 0.6 is 23.2 Å². The highest BCUT2D eigenvalue weighted by Crippen LogP contribution is 2.33. The highest BCUT2D eigenvalue weighted by atomic mass is 35.5. The normalized spacial score (nSPS) is 14.1. The van der Waals surface area contributed by atoms with Crippen LogP contribution in [0.3, 0.4) is 0 Å². The number of halogens is 2. The predicted molar refractivity (Wildman–Crippen MR) is 118 cm³/mol. The summed E-state index contributed by atoms with van der Waals surface area (Å²) >= 11 is 12.1. The van der Waals surface area contributed by atoms with Gasteiger partial charge in [-0.1, -0.05) is 83.9 Å². The highest BCUT2D eigenvalue weighted by Gasteiger charge is 2.29. The third-order valence-electron chi connectivity index (χ3n) is 5.43. The topological polar surface area (TPSA) is 46.8 Å². The van der Waals surface area contributed by atoms with Gasteiger partial charge in [0, 0.05) is 24.8 Å². The summed E-state index contributed by atoms with van der Waals surface area (Å²) in [5, 5.41) is 9.60. The largest absolute Gasteiger partial charge is 0.309 e. The lowest BCUT2D eigenvalue weighted by Gasteiger charge is -2.35. The molecular weight excluding hydrogens is 417 g/mol. The van der Waals surface area contributed by atoms with Crippen molar-refractivity contribution in [2.75, 3.05) is 6.54 Å². The maximum absolute atomic E-state index is 6.15. The van der Waals surface area contributed by atoms with Crippen LogP contribution in [-0.2, 0) is 13.1 Å². The molecule has 0 unspecified atom stereocenters. The number of aromatic nitrogens is 4. The summed E-state index contributed by atoms with van der Waals surface area (Å²) in [4.78, 5) is 6.60. The first-order valence-corrected chi connectivity index (χ1v) is 10.5. The molecule has 5 nitrogen and oxygen atoms in total. The van der Waals surface area contributed by atoms with Crippen molar-refractivity contribution < 1.29 is 0 Å². The van der Waals surface area contributed by atoms with Crippen molar-refractivity contribution in [3.8, 4) is 11.4 Å². The molecule has 2 aromatic heterocycles. The zero-order chi connectivity index (χ0) is 20.5. The molecule has 2 aromatic carbocycles. The lowest BCUT2D eigenvalue weighted by Crippen LogP contribution is -2.37. The van der Waals surface area contributed by atoms with E-state index in [4.69, 9.17) is 23.2 Å². The Labute approximate surface area is 184 Å². The van der Waals surface area contributed by atoms with Crippen LogP contribution in [0.25, 0.3) is 11.4 Å². The van der Waals surface area contributed by atoms with Gasteiger partial charge in [0.05, 0.1) is 17.6 Å². The zero-order valence-electron chi connectivity index (χ0n) is 16.1. The monoisotopic (exact) mass is 435 g/mol. The second-order valence-corrected chi connectivity index (χ2v) is 8.05. The molecule has 30 heavy (non-hydrogen) atoms. The van der Waals surface area contributed by atoms with Gasteiger partial charge in [0.1, 0.15) is 11.0 Å². The van der Waals surface area contributed by atoms with E-state index in [0.29, 0.717) is 16.7 Å². The van der Waals surface area contributed by atoms with Crippen molar-refractivity contribution >= 4 is 23.2 Å². The van der Waals surface area contributed by atoms with Crippen molar-refractivity contribution in [1.82, 2.24) is 24.6 Å². The first-order chi connectivity index (χ1) is 14.7. The number of nitrogens with zero attached hydrogens (tertiary/aromatic N) is 5. The molecule has 7 heteroatoms. The molecule has 0 saturated heterocycles. The van der Waals surface area contributed by atoms with Gasteiger partial charge >= 0.3 is 0 Å². The fraction of sp³-hybridized carbons (Fsp3) is 0.174. The fourth-order valence-electron chi connectivity index (χ4n) is 4.04. The number of hydrogen-bond acceptors (Lipinski definition) is 4. The molecule has 0 spiro atoms. The standard InChI is InChI=1S/C23H19Cl2N5/c24-19-13-18(14-26-22(19)25)23-28-27-20-15-29(11-12-30(20)23)21(16-7-3-1-4-8-16)17-9-5-2-6-10-17/h1-10,13-14,21H,11-12,15H2. The molecule has 0 N–H and O–H groups in total. The third kappa shape index (κ3) is 3.60. The van der Waals surface area contributed by atoms with E-state index >= 15 is 0 Å². The molecule has 4 aromatic rings. The second kappa shape index (κ2) is 8.19. The fourth-order valence-corrected chi connectivity index (χ4v) is 4.31. The quantitative estimate of drug-likeness (QED) is 0.410. The minimum atomic E-state index is 0.160. The van der Waals surface area contributed by atoms with Crippen LogP contribution in [0.15, 0.2) is 72.9 Å². The average Bonchev–Trinajstić information content (AvgIpc) is 3.21. The summed E-state index contributed by atoms with van der Waals surface area (Å²) in [5.41, 5.74) is 3.36. The smallest absolute Gasteiger partial charge is 0.165 e. The van der Waals surface area contributed by atoms with Gasteiger partial charge in [-0.15, -0.1) is 10.2 Å². The molecule has 1 aliphatic rings. The van der Waals surface area contributed by atoms with E-state index in [2.05, 4.69) is 85.3 Å². The number of pyridine rings is 1. The molecule has 0 fully saturated rings. The average molecular weight is 436 g/mol. The Balaban J connectivity index is 1.49. The summed E-state index contributed by atoms with van der Waals surface area (Å²) < 4.78 is 2.14. The maximum atomic E-state index is 6.15. The minimum absolute atomic E-state index is 0.160. The summed E-state index contributed by atoms with van der Waals surface area (Å²) in [6.45, 7) is 2.37.